The Morgan fingerprint density at radius 1 is 1.14 bits per heavy atom. The van der Waals surface area contributed by atoms with Crippen molar-refractivity contribution in [3.05, 3.63) is 70.1 Å². The molecule has 0 bridgehead atoms. The standard InChI is InChI=1S/C21H19N3O3S/c1-3-13-4-9-17-15(11-19(25)27-18(17)10-13)12-28-21-22-20(23-24-21)14-5-7-16(26-2)8-6-14/h4-11H,3,12H2,1-2H3,(H,22,23,24). The van der Waals surface area contributed by atoms with Crippen LogP contribution in [0.5, 0.6) is 5.75 Å². The van der Waals surface area contributed by atoms with Crippen molar-refractivity contribution in [2.75, 3.05) is 7.11 Å². The van der Waals surface area contributed by atoms with Crippen LogP contribution in [0.2, 0.25) is 0 Å². The molecule has 2 heterocycles. The summed E-state index contributed by atoms with van der Waals surface area (Å²) >= 11 is 1.47. The zero-order valence-electron chi connectivity index (χ0n) is 15.6. The number of aromatic amines is 1. The van der Waals surface area contributed by atoms with Gasteiger partial charge < -0.3 is 9.15 Å². The molecule has 0 aliphatic rings. The molecule has 4 rings (SSSR count). The van der Waals surface area contributed by atoms with Crippen molar-refractivity contribution >= 4 is 22.7 Å². The molecule has 0 radical (unpaired) electrons. The molecule has 0 amide bonds. The van der Waals surface area contributed by atoms with E-state index in [-0.39, 0.29) is 5.63 Å². The third kappa shape index (κ3) is 3.80. The highest BCUT2D eigenvalue weighted by molar-refractivity contribution is 7.98. The van der Waals surface area contributed by atoms with E-state index >= 15 is 0 Å². The van der Waals surface area contributed by atoms with Gasteiger partial charge in [0.2, 0.25) is 5.16 Å². The number of rotatable bonds is 6. The molecular formula is C21H19N3O3S. The van der Waals surface area contributed by atoms with Crippen LogP contribution in [0.25, 0.3) is 22.4 Å². The molecule has 0 saturated heterocycles. The molecule has 0 saturated carbocycles. The van der Waals surface area contributed by atoms with Crippen LogP contribution < -0.4 is 10.4 Å². The smallest absolute Gasteiger partial charge is 0.336 e. The van der Waals surface area contributed by atoms with Crippen molar-refractivity contribution < 1.29 is 9.15 Å². The number of aryl methyl sites for hydroxylation is 1. The van der Waals surface area contributed by atoms with Crippen LogP contribution in [-0.4, -0.2) is 22.3 Å². The molecule has 0 atom stereocenters. The van der Waals surface area contributed by atoms with E-state index in [4.69, 9.17) is 9.15 Å². The molecule has 0 fully saturated rings. The lowest BCUT2D eigenvalue weighted by molar-refractivity contribution is 0.415. The lowest BCUT2D eigenvalue weighted by Crippen LogP contribution is -2.00. The van der Waals surface area contributed by atoms with Crippen LogP contribution in [-0.2, 0) is 12.2 Å². The summed E-state index contributed by atoms with van der Waals surface area (Å²) in [7, 11) is 1.63. The Kier molecular flexibility index (Phi) is 5.16. The summed E-state index contributed by atoms with van der Waals surface area (Å²) in [5.41, 5.74) is 3.26. The second-order valence-corrected chi connectivity index (χ2v) is 7.20. The third-order valence-electron chi connectivity index (χ3n) is 4.49. The topological polar surface area (TPSA) is 81.0 Å². The predicted octanol–water partition coefficient (Wildman–Crippen LogP) is 4.44. The number of thioether (sulfide) groups is 1. The van der Waals surface area contributed by atoms with Crippen LogP contribution in [0.15, 0.2) is 62.9 Å². The van der Waals surface area contributed by atoms with Crippen LogP contribution in [0.3, 0.4) is 0 Å². The number of H-pyrrole nitrogens is 1. The monoisotopic (exact) mass is 393 g/mol. The number of benzene rings is 2. The van der Waals surface area contributed by atoms with E-state index in [1.807, 2.05) is 36.4 Å². The second-order valence-electron chi connectivity index (χ2n) is 6.26. The quantitative estimate of drug-likeness (QED) is 0.385. The first-order valence-corrected chi connectivity index (χ1v) is 9.90. The molecule has 0 spiro atoms. The Balaban J connectivity index is 1.55. The fourth-order valence-corrected chi connectivity index (χ4v) is 3.73. The molecule has 28 heavy (non-hydrogen) atoms. The fourth-order valence-electron chi connectivity index (χ4n) is 2.94. The van der Waals surface area contributed by atoms with Crippen LogP contribution in [0.1, 0.15) is 18.1 Å². The molecule has 6 nitrogen and oxygen atoms in total. The van der Waals surface area contributed by atoms with Gasteiger partial charge >= 0.3 is 5.63 Å². The van der Waals surface area contributed by atoms with Gasteiger partial charge in [0, 0.05) is 22.8 Å². The Hall–Kier alpha value is -3.06. The third-order valence-corrected chi connectivity index (χ3v) is 5.38. The minimum Gasteiger partial charge on any atom is -0.497 e. The zero-order valence-corrected chi connectivity index (χ0v) is 16.4. The van der Waals surface area contributed by atoms with Crippen molar-refractivity contribution in [2.45, 2.75) is 24.3 Å². The highest BCUT2D eigenvalue weighted by atomic mass is 32.2. The first-order chi connectivity index (χ1) is 13.7. The van der Waals surface area contributed by atoms with E-state index in [0.717, 1.165) is 34.2 Å². The van der Waals surface area contributed by atoms with E-state index in [1.165, 1.54) is 17.8 Å². The largest absolute Gasteiger partial charge is 0.497 e. The molecular weight excluding hydrogens is 374 g/mol. The van der Waals surface area contributed by atoms with Crippen molar-refractivity contribution in [3.63, 3.8) is 0 Å². The highest BCUT2D eigenvalue weighted by Crippen LogP contribution is 2.27. The maximum atomic E-state index is 11.9. The van der Waals surface area contributed by atoms with Crippen molar-refractivity contribution in [1.29, 1.82) is 0 Å². The minimum absolute atomic E-state index is 0.342. The molecule has 4 aromatic rings. The van der Waals surface area contributed by atoms with Crippen LogP contribution >= 0.6 is 11.8 Å². The molecule has 0 unspecified atom stereocenters. The summed E-state index contributed by atoms with van der Waals surface area (Å²) < 4.78 is 10.5. The summed E-state index contributed by atoms with van der Waals surface area (Å²) in [6.45, 7) is 2.07. The van der Waals surface area contributed by atoms with Gasteiger partial charge in [0.05, 0.1) is 7.11 Å². The number of methoxy groups -OCH3 is 1. The first kappa shape index (κ1) is 18.3. The van der Waals surface area contributed by atoms with Crippen molar-refractivity contribution in [2.24, 2.45) is 0 Å². The van der Waals surface area contributed by atoms with E-state index < -0.39 is 0 Å². The number of aromatic nitrogens is 3. The van der Waals surface area contributed by atoms with E-state index in [9.17, 15) is 4.79 Å². The van der Waals surface area contributed by atoms with Gasteiger partial charge in [0.25, 0.3) is 0 Å². The summed E-state index contributed by atoms with van der Waals surface area (Å²) in [5.74, 6) is 2.06. The van der Waals surface area contributed by atoms with E-state index in [1.54, 1.807) is 7.11 Å². The lowest BCUT2D eigenvalue weighted by atomic mass is 10.1. The molecule has 7 heteroatoms. The van der Waals surface area contributed by atoms with Gasteiger partial charge in [-0.1, -0.05) is 30.8 Å². The Morgan fingerprint density at radius 2 is 1.96 bits per heavy atom. The minimum atomic E-state index is -0.342. The molecule has 0 aliphatic carbocycles. The molecule has 1 N–H and O–H groups in total. The predicted molar refractivity (Wildman–Crippen MR) is 110 cm³/mol. The van der Waals surface area contributed by atoms with Crippen LogP contribution in [0.4, 0.5) is 0 Å². The van der Waals surface area contributed by atoms with Gasteiger partial charge in [0.1, 0.15) is 11.3 Å². The maximum absolute atomic E-state index is 11.9. The van der Waals surface area contributed by atoms with Gasteiger partial charge in [-0.15, -0.1) is 5.10 Å². The summed E-state index contributed by atoms with van der Waals surface area (Å²) in [5, 5.41) is 8.79. The SMILES string of the molecule is CCc1ccc2c(CSc3n[nH]c(-c4ccc(OC)cc4)n3)cc(=O)oc2c1. The number of fused-ring (bicyclic) bond motifs is 1. The normalized spacial score (nSPS) is 11.1. The number of nitrogens with one attached hydrogen (secondary N) is 1. The van der Waals surface area contributed by atoms with E-state index in [0.29, 0.717) is 22.3 Å². The van der Waals surface area contributed by atoms with Gasteiger partial charge in [0.15, 0.2) is 5.82 Å². The Labute approximate surface area is 166 Å². The average Bonchev–Trinajstić information content (AvgIpc) is 3.20. The molecule has 142 valence electrons. The Morgan fingerprint density at radius 3 is 2.71 bits per heavy atom. The van der Waals surface area contributed by atoms with Gasteiger partial charge in [-0.2, -0.15) is 0 Å². The summed E-state index contributed by atoms with van der Waals surface area (Å²) in [4.78, 5) is 16.5. The second kappa shape index (κ2) is 7.90. The van der Waals surface area contributed by atoms with Crippen molar-refractivity contribution in [3.8, 4) is 17.1 Å². The van der Waals surface area contributed by atoms with Gasteiger partial charge in [-0.25, -0.2) is 9.78 Å². The first-order valence-electron chi connectivity index (χ1n) is 8.91. The zero-order chi connectivity index (χ0) is 19.5. The number of ether oxygens (including phenoxy) is 1. The fraction of sp³-hybridized carbons (Fsp3) is 0.190. The van der Waals surface area contributed by atoms with Gasteiger partial charge in [-0.3, -0.25) is 5.10 Å². The summed E-state index contributed by atoms with van der Waals surface area (Å²) in [6, 6.07) is 15.1. The van der Waals surface area contributed by atoms with Crippen molar-refractivity contribution in [1.82, 2.24) is 15.2 Å². The van der Waals surface area contributed by atoms with E-state index in [2.05, 4.69) is 28.2 Å². The number of nitrogens with zero attached hydrogens (tertiary/aromatic N) is 2. The number of hydrogen-bond acceptors (Lipinski definition) is 6. The molecule has 2 aromatic carbocycles. The van der Waals surface area contributed by atoms with Gasteiger partial charge in [-0.05, 0) is 47.9 Å². The lowest BCUT2D eigenvalue weighted by Gasteiger charge is -2.05. The summed E-state index contributed by atoms with van der Waals surface area (Å²) in [6.07, 6.45) is 0.893. The molecule has 0 aliphatic heterocycles. The average molecular weight is 393 g/mol. The molecule has 2 aromatic heterocycles. The highest BCUT2D eigenvalue weighted by Gasteiger charge is 2.10. The van der Waals surface area contributed by atoms with Crippen LogP contribution in [0, 0.1) is 0 Å². The maximum Gasteiger partial charge on any atom is 0.336 e. The Bertz CT molecular complexity index is 1170. The number of hydrogen-bond donors (Lipinski definition) is 1.